The second-order valence-electron chi connectivity index (χ2n) is 4.53. The Kier molecular flexibility index (Phi) is 4.61. The first kappa shape index (κ1) is 12.2. The lowest BCUT2D eigenvalue weighted by molar-refractivity contribution is 0.270. The predicted molar refractivity (Wildman–Crippen MR) is 71.7 cm³/mol. The van der Waals surface area contributed by atoms with E-state index in [2.05, 4.69) is 40.4 Å². The maximum Gasteiger partial charge on any atom is 0.0574 e. The molecule has 1 aliphatic heterocycles. The Balaban J connectivity index is 1.88. The Hall–Kier alpha value is -1.30. The zero-order valence-corrected chi connectivity index (χ0v) is 10.3. The van der Waals surface area contributed by atoms with Gasteiger partial charge in [0, 0.05) is 19.6 Å². The summed E-state index contributed by atoms with van der Waals surface area (Å²) >= 11 is 0. The predicted octanol–water partition coefficient (Wildman–Crippen LogP) is 1.66. The highest BCUT2D eigenvalue weighted by atomic mass is 15.1. The molecule has 0 atom stereocenters. The maximum atomic E-state index is 5.21. The SMILES string of the molecule is C#CCNCCN1CCCc2ccccc2C1. The molecule has 2 nitrogen and oxygen atoms in total. The van der Waals surface area contributed by atoms with Crippen LogP contribution in [0.3, 0.4) is 0 Å². The largest absolute Gasteiger partial charge is 0.305 e. The molecule has 0 saturated carbocycles. The summed E-state index contributed by atoms with van der Waals surface area (Å²) in [6, 6.07) is 8.79. The van der Waals surface area contributed by atoms with Crippen LogP contribution in [0.25, 0.3) is 0 Å². The molecule has 0 radical (unpaired) electrons. The summed E-state index contributed by atoms with van der Waals surface area (Å²) < 4.78 is 0. The molecule has 90 valence electrons. The van der Waals surface area contributed by atoms with Crippen LogP contribution in [0.5, 0.6) is 0 Å². The number of hydrogen-bond acceptors (Lipinski definition) is 2. The molecular formula is C15H20N2. The lowest BCUT2D eigenvalue weighted by Crippen LogP contribution is -2.32. The third-order valence-electron chi connectivity index (χ3n) is 3.26. The number of rotatable bonds is 4. The van der Waals surface area contributed by atoms with Gasteiger partial charge >= 0.3 is 0 Å². The molecule has 0 saturated heterocycles. The molecule has 1 N–H and O–H groups in total. The topological polar surface area (TPSA) is 15.3 Å². The summed E-state index contributed by atoms with van der Waals surface area (Å²) in [6.07, 6.45) is 7.68. The van der Waals surface area contributed by atoms with Crippen LogP contribution in [-0.4, -0.2) is 31.1 Å². The van der Waals surface area contributed by atoms with Crippen molar-refractivity contribution in [2.45, 2.75) is 19.4 Å². The van der Waals surface area contributed by atoms with Crippen molar-refractivity contribution in [3.63, 3.8) is 0 Å². The van der Waals surface area contributed by atoms with Gasteiger partial charge in [0.1, 0.15) is 0 Å². The first-order valence-corrected chi connectivity index (χ1v) is 6.33. The molecule has 0 aromatic heterocycles. The maximum absolute atomic E-state index is 5.21. The summed E-state index contributed by atoms with van der Waals surface area (Å²) in [6.45, 7) is 4.99. The molecule has 1 aromatic carbocycles. The van der Waals surface area contributed by atoms with Gasteiger partial charge in [-0.3, -0.25) is 4.90 Å². The summed E-state index contributed by atoms with van der Waals surface area (Å²) in [4.78, 5) is 2.51. The Morgan fingerprint density at radius 2 is 2.12 bits per heavy atom. The fraction of sp³-hybridized carbons (Fsp3) is 0.467. The lowest BCUT2D eigenvalue weighted by Gasteiger charge is -2.20. The van der Waals surface area contributed by atoms with Crippen LogP contribution in [0, 0.1) is 12.3 Å². The molecule has 1 heterocycles. The van der Waals surface area contributed by atoms with Gasteiger partial charge in [-0.15, -0.1) is 6.42 Å². The monoisotopic (exact) mass is 228 g/mol. The molecule has 0 spiro atoms. The van der Waals surface area contributed by atoms with Crippen molar-refractivity contribution in [1.82, 2.24) is 10.2 Å². The molecule has 0 fully saturated rings. The second kappa shape index (κ2) is 6.44. The van der Waals surface area contributed by atoms with Gasteiger partial charge < -0.3 is 5.32 Å². The Bertz CT molecular complexity index is 392. The van der Waals surface area contributed by atoms with E-state index >= 15 is 0 Å². The molecule has 2 heteroatoms. The van der Waals surface area contributed by atoms with E-state index in [1.165, 1.54) is 30.5 Å². The molecule has 17 heavy (non-hydrogen) atoms. The van der Waals surface area contributed by atoms with Crippen molar-refractivity contribution in [2.24, 2.45) is 0 Å². The van der Waals surface area contributed by atoms with Crippen molar-refractivity contribution in [1.29, 1.82) is 0 Å². The third-order valence-corrected chi connectivity index (χ3v) is 3.26. The number of nitrogens with zero attached hydrogens (tertiary/aromatic N) is 1. The van der Waals surface area contributed by atoms with E-state index in [0.29, 0.717) is 6.54 Å². The smallest absolute Gasteiger partial charge is 0.0574 e. The zero-order chi connectivity index (χ0) is 11.9. The average molecular weight is 228 g/mol. The summed E-state index contributed by atoms with van der Waals surface area (Å²) in [5.41, 5.74) is 3.01. The molecule has 0 unspecified atom stereocenters. The van der Waals surface area contributed by atoms with Gasteiger partial charge in [0.2, 0.25) is 0 Å². The number of aryl methyl sites for hydroxylation is 1. The molecule has 1 aliphatic rings. The van der Waals surface area contributed by atoms with Crippen LogP contribution in [-0.2, 0) is 13.0 Å². The zero-order valence-electron chi connectivity index (χ0n) is 10.3. The third kappa shape index (κ3) is 3.59. The molecule has 0 aliphatic carbocycles. The Labute approximate surface area is 104 Å². The highest BCUT2D eigenvalue weighted by molar-refractivity contribution is 5.27. The van der Waals surface area contributed by atoms with Crippen molar-refractivity contribution < 1.29 is 0 Å². The first-order valence-electron chi connectivity index (χ1n) is 6.33. The number of terminal acetylenes is 1. The number of benzene rings is 1. The Morgan fingerprint density at radius 1 is 1.29 bits per heavy atom. The summed E-state index contributed by atoms with van der Waals surface area (Å²) in [7, 11) is 0. The van der Waals surface area contributed by atoms with E-state index < -0.39 is 0 Å². The van der Waals surface area contributed by atoms with Crippen molar-refractivity contribution in [3.8, 4) is 12.3 Å². The lowest BCUT2D eigenvalue weighted by atomic mass is 10.0. The van der Waals surface area contributed by atoms with Crippen molar-refractivity contribution >= 4 is 0 Å². The highest BCUT2D eigenvalue weighted by Crippen LogP contribution is 2.17. The van der Waals surface area contributed by atoms with E-state index in [0.717, 1.165) is 19.6 Å². The molecular weight excluding hydrogens is 208 g/mol. The van der Waals surface area contributed by atoms with Gasteiger partial charge in [0.15, 0.2) is 0 Å². The van der Waals surface area contributed by atoms with Gasteiger partial charge in [-0.1, -0.05) is 30.2 Å². The van der Waals surface area contributed by atoms with Gasteiger partial charge in [0.05, 0.1) is 6.54 Å². The number of fused-ring (bicyclic) bond motifs is 1. The average Bonchev–Trinajstić information content (AvgIpc) is 2.56. The quantitative estimate of drug-likeness (QED) is 0.623. The van der Waals surface area contributed by atoms with Crippen LogP contribution >= 0.6 is 0 Å². The first-order chi connectivity index (χ1) is 8.40. The van der Waals surface area contributed by atoms with Gasteiger partial charge in [-0.2, -0.15) is 0 Å². The fourth-order valence-electron chi connectivity index (χ4n) is 2.36. The molecule has 0 amide bonds. The summed E-state index contributed by atoms with van der Waals surface area (Å²) in [5, 5.41) is 3.25. The fourth-order valence-corrected chi connectivity index (χ4v) is 2.36. The van der Waals surface area contributed by atoms with E-state index in [1.807, 2.05) is 0 Å². The van der Waals surface area contributed by atoms with Crippen LogP contribution < -0.4 is 5.32 Å². The van der Waals surface area contributed by atoms with E-state index in [9.17, 15) is 0 Å². The minimum Gasteiger partial charge on any atom is -0.305 e. The highest BCUT2D eigenvalue weighted by Gasteiger charge is 2.12. The van der Waals surface area contributed by atoms with Gasteiger partial charge in [0.25, 0.3) is 0 Å². The van der Waals surface area contributed by atoms with Crippen molar-refractivity contribution in [3.05, 3.63) is 35.4 Å². The standard InChI is InChI=1S/C15H20N2/c1-2-9-16-10-12-17-11-5-8-14-6-3-4-7-15(14)13-17/h1,3-4,6-7,16H,5,8-13H2. The molecule has 2 rings (SSSR count). The van der Waals surface area contributed by atoms with Crippen LogP contribution in [0.2, 0.25) is 0 Å². The molecule has 1 aromatic rings. The Morgan fingerprint density at radius 3 is 2.94 bits per heavy atom. The molecule has 0 bridgehead atoms. The minimum absolute atomic E-state index is 0.671. The number of nitrogens with one attached hydrogen (secondary N) is 1. The van der Waals surface area contributed by atoms with Crippen LogP contribution in [0.15, 0.2) is 24.3 Å². The second-order valence-corrected chi connectivity index (χ2v) is 4.53. The van der Waals surface area contributed by atoms with E-state index in [1.54, 1.807) is 0 Å². The van der Waals surface area contributed by atoms with Crippen LogP contribution in [0.4, 0.5) is 0 Å². The number of hydrogen-bond donors (Lipinski definition) is 1. The van der Waals surface area contributed by atoms with Crippen molar-refractivity contribution in [2.75, 3.05) is 26.2 Å². The van der Waals surface area contributed by atoms with E-state index in [4.69, 9.17) is 6.42 Å². The van der Waals surface area contributed by atoms with Gasteiger partial charge in [-0.25, -0.2) is 0 Å². The van der Waals surface area contributed by atoms with Crippen LogP contribution in [0.1, 0.15) is 17.5 Å². The normalized spacial score (nSPS) is 15.9. The summed E-state index contributed by atoms with van der Waals surface area (Å²) in [5.74, 6) is 2.60. The van der Waals surface area contributed by atoms with Gasteiger partial charge in [-0.05, 0) is 30.5 Å². The van der Waals surface area contributed by atoms with E-state index in [-0.39, 0.29) is 0 Å². The minimum atomic E-state index is 0.671.